The van der Waals surface area contributed by atoms with Gasteiger partial charge in [-0.25, -0.2) is 9.59 Å². The van der Waals surface area contributed by atoms with Gasteiger partial charge in [0.05, 0.1) is 6.61 Å². The molecule has 0 N–H and O–H groups in total. The molecule has 2 aromatic rings. The maximum absolute atomic E-state index is 13.9. The molecule has 2 unspecified atom stereocenters. The minimum absolute atomic E-state index is 0.0484. The number of amides is 1. The Bertz CT molecular complexity index is 1270. The molecule has 1 saturated heterocycles. The number of nitrogens with zero attached hydrogens (tertiary/aromatic N) is 1. The van der Waals surface area contributed by atoms with Crippen LogP contribution in [0, 0.1) is 31.6 Å². The highest BCUT2D eigenvalue weighted by Gasteiger charge is 2.41. The smallest absolute Gasteiger partial charge is 0.410 e. The topological polar surface area (TPSA) is 82.1 Å². The monoisotopic (exact) mass is 609 g/mol. The number of esters is 1. The molecule has 43 heavy (non-hydrogen) atoms. The fourth-order valence-electron chi connectivity index (χ4n) is 6.28. The molecule has 2 fully saturated rings. The maximum atomic E-state index is 13.9. The van der Waals surface area contributed by atoms with Crippen molar-refractivity contribution < 1.29 is 28.6 Å². The van der Waals surface area contributed by atoms with Gasteiger partial charge in [0.15, 0.2) is 11.4 Å². The summed E-state index contributed by atoms with van der Waals surface area (Å²) in [6, 6.07) is 11.8. The lowest BCUT2D eigenvalue weighted by Crippen LogP contribution is -2.40. The maximum Gasteiger partial charge on any atom is 0.410 e. The SMILES string of the molecule is CCOC(=O)C(C)(C)Oc1c(C)cc(CC2CN(C(=O)OC3CCC(C)CC3)CC2C(=O)c2ccc(SC)cc2)cc1C. The zero-order valence-electron chi connectivity index (χ0n) is 26.7. The van der Waals surface area contributed by atoms with Gasteiger partial charge in [-0.05, 0) is 114 Å². The van der Waals surface area contributed by atoms with Crippen LogP contribution >= 0.6 is 11.8 Å². The van der Waals surface area contributed by atoms with Crippen LogP contribution < -0.4 is 4.74 Å². The van der Waals surface area contributed by atoms with Gasteiger partial charge in [-0.1, -0.05) is 31.2 Å². The van der Waals surface area contributed by atoms with Crippen LogP contribution in [0.25, 0.3) is 0 Å². The Labute approximate surface area is 261 Å². The van der Waals surface area contributed by atoms with Gasteiger partial charge >= 0.3 is 12.1 Å². The number of aryl methyl sites for hydroxylation is 2. The summed E-state index contributed by atoms with van der Waals surface area (Å²) in [5.41, 5.74) is 2.42. The average molecular weight is 610 g/mol. The van der Waals surface area contributed by atoms with Gasteiger partial charge in [-0.2, -0.15) is 0 Å². The number of rotatable bonds is 10. The lowest BCUT2D eigenvalue weighted by molar-refractivity contribution is -0.158. The summed E-state index contributed by atoms with van der Waals surface area (Å²) in [7, 11) is 0. The highest BCUT2D eigenvalue weighted by atomic mass is 32.2. The Hall–Kier alpha value is -3.00. The van der Waals surface area contributed by atoms with Crippen molar-refractivity contribution in [1.82, 2.24) is 4.90 Å². The van der Waals surface area contributed by atoms with Crippen LogP contribution in [0.2, 0.25) is 0 Å². The molecule has 2 aromatic carbocycles. The second-order valence-corrected chi connectivity index (χ2v) is 13.6. The van der Waals surface area contributed by atoms with Crippen molar-refractivity contribution in [3.8, 4) is 5.75 Å². The molecule has 7 nitrogen and oxygen atoms in total. The van der Waals surface area contributed by atoms with Gasteiger partial charge in [-0.3, -0.25) is 4.79 Å². The molecular formula is C35H47NO6S. The minimum Gasteiger partial charge on any atom is -0.476 e. The van der Waals surface area contributed by atoms with Gasteiger partial charge in [0.1, 0.15) is 11.9 Å². The Morgan fingerprint density at radius 1 is 0.977 bits per heavy atom. The molecule has 2 aliphatic rings. The van der Waals surface area contributed by atoms with Crippen LogP contribution in [0.4, 0.5) is 4.79 Å². The molecule has 1 amide bonds. The van der Waals surface area contributed by atoms with Crippen molar-refractivity contribution in [2.24, 2.45) is 17.8 Å². The van der Waals surface area contributed by atoms with Crippen LogP contribution in [0.1, 0.15) is 80.4 Å². The predicted octanol–water partition coefficient (Wildman–Crippen LogP) is 7.43. The fourth-order valence-corrected chi connectivity index (χ4v) is 6.69. The van der Waals surface area contributed by atoms with Gasteiger partial charge in [-0.15, -0.1) is 11.8 Å². The molecule has 0 aromatic heterocycles. The minimum atomic E-state index is -1.13. The van der Waals surface area contributed by atoms with Crippen LogP contribution in [-0.2, 0) is 20.7 Å². The van der Waals surface area contributed by atoms with E-state index in [1.165, 1.54) is 0 Å². The summed E-state index contributed by atoms with van der Waals surface area (Å²) < 4.78 is 17.3. The Morgan fingerprint density at radius 3 is 2.19 bits per heavy atom. The summed E-state index contributed by atoms with van der Waals surface area (Å²) in [4.78, 5) is 42.4. The first-order chi connectivity index (χ1) is 20.4. The molecule has 2 atom stereocenters. The number of carbonyl (C=O) groups is 3. The van der Waals surface area contributed by atoms with Crippen molar-refractivity contribution in [2.45, 2.75) is 90.2 Å². The van der Waals surface area contributed by atoms with E-state index in [-0.39, 0.29) is 36.4 Å². The number of thioether (sulfide) groups is 1. The standard InChI is InChI=1S/C35H47NO6S/c1-8-40-33(38)35(5,6)42-32-23(3)17-25(18-24(32)4)19-27-20-36(34(39)41-28-13-9-22(2)10-14-28)21-30(27)31(37)26-11-15-29(43-7)16-12-26/h11-12,15-18,22,27-28,30H,8-10,13-14,19-21H2,1-7H3. The van der Waals surface area contributed by atoms with Gasteiger partial charge in [0.2, 0.25) is 0 Å². The number of ether oxygens (including phenoxy) is 3. The average Bonchev–Trinajstić information content (AvgIpc) is 3.40. The lowest BCUT2D eigenvalue weighted by Gasteiger charge is -2.28. The number of ketones is 1. The summed E-state index contributed by atoms with van der Waals surface area (Å²) in [5.74, 6) is 0.577. The zero-order valence-corrected chi connectivity index (χ0v) is 27.6. The van der Waals surface area contributed by atoms with Crippen LogP contribution in [0.5, 0.6) is 5.75 Å². The summed E-state index contributed by atoms with van der Waals surface area (Å²) in [6.45, 7) is 12.5. The van der Waals surface area contributed by atoms with E-state index in [1.54, 1.807) is 37.4 Å². The summed E-state index contributed by atoms with van der Waals surface area (Å²) >= 11 is 1.64. The lowest BCUT2D eigenvalue weighted by atomic mass is 9.84. The molecular weight excluding hydrogens is 562 g/mol. The number of hydrogen-bond acceptors (Lipinski definition) is 7. The summed E-state index contributed by atoms with van der Waals surface area (Å²) in [6.07, 6.45) is 6.23. The third-order valence-electron chi connectivity index (χ3n) is 8.78. The molecule has 0 radical (unpaired) electrons. The van der Waals surface area contributed by atoms with E-state index in [1.807, 2.05) is 44.4 Å². The van der Waals surface area contributed by atoms with E-state index in [2.05, 4.69) is 19.1 Å². The molecule has 0 spiro atoms. The largest absolute Gasteiger partial charge is 0.476 e. The quantitative estimate of drug-likeness (QED) is 0.157. The third-order valence-corrected chi connectivity index (χ3v) is 9.53. The van der Waals surface area contributed by atoms with Crippen molar-refractivity contribution in [3.05, 3.63) is 58.7 Å². The normalized spacial score (nSPS) is 22.3. The van der Waals surface area contributed by atoms with Crippen LogP contribution in [0.15, 0.2) is 41.3 Å². The molecule has 4 rings (SSSR count). The van der Waals surface area contributed by atoms with E-state index in [0.717, 1.165) is 47.3 Å². The third kappa shape index (κ3) is 8.14. The molecule has 1 heterocycles. The van der Waals surface area contributed by atoms with Gasteiger partial charge in [0, 0.05) is 29.5 Å². The number of carbonyl (C=O) groups excluding carboxylic acids is 3. The first-order valence-electron chi connectivity index (χ1n) is 15.5. The van der Waals surface area contributed by atoms with Gasteiger partial charge < -0.3 is 19.1 Å². The second kappa shape index (κ2) is 14.2. The molecule has 8 heteroatoms. The van der Waals surface area contributed by atoms with Crippen molar-refractivity contribution in [3.63, 3.8) is 0 Å². The predicted molar refractivity (Wildman–Crippen MR) is 170 cm³/mol. The molecule has 1 saturated carbocycles. The Kier molecular flexibility index (Phi) is 10.9. The Balaban J connectivity index is 1.54. The number of Topliss-reactive ketones (excluding diaryl/α,β-unsaturated/α-hetero) is 1. The Morgan fingerprint density at radius 2 is 1.60 bits per heavy atom. The van der Waals surface area contributed by atoms with Crippen LogP contribution in [-0.4, -0.2) is 60.4 Å². The molecule has 234 valence electrons. The van der Waals surface area contributed by atoms with Crippen molar-refractivity contribution in [2.75, 3.05) is 26.0 Å². The first-order valence-corrected chi connectivity index (χ1v) is 16.7. The fraction of sp³-hybridized carbons (Fsp3) is 0.571. The van der Waals surface area contributed by atoms with E-state index in [9.17, 15) is 14.4 Å². The van der Waals surface area contributed by atoms with E-state index in [0.29, 0.717) is 36.7 Å². The molecule has 1 aliphatic carbocycles. The summed E-state index contributed by atoms with van der Waals surface area (Å²) in [5, 5.41) is 0. The zero-order chi connectivity index (χ0) is 31.3. The number of hydrogen-bond donors (Lipinski definition) is 0. The highest BCUT2D eigenvalue weighted by molar-refractivity contribution is 7.98. The van der Waals surface area contributed by atoms with Crippen molar-refractivity contribution in [1.29, 1.82) is 0 Å². The highest BCUT2D eigenvalue weighted by Crippen LogP contribution is 2.35. The molecule has 0 bridgehead atoms. The van der Waals surface area contributed by atoms with Crippen LogP contribution in [0.3, 0.4) is 0 Å². The van der Waals surface area contributed by atoms with E-state index in [4.69, 9.17) is 14.2 Å². The first kappa shape index (κ1) is 32.9. The van der Waals surface area contributed by atoms with E-state index < -0.39 is 11.6 Å². The number of benzene rings is 2. The second-order valence-electron chi connectivity index (χ2n) is 12.7. The van der Waals surface area contributed by atoms with E-state index >= 15 is 0 Å². The molecule has 1 aliphatic heterocycles. The van der Waals surface area contributed by atoms with Crippen molar-refractivity contribution >= 4 is 29.6 Å². The van der Waals surface area contributed by atoms with Gasteiger partial charge in [0.25, 0.3) is 0 Å². The number of likely N-dealkylation sites (tertiary alicyclic amines) is 1.